The van der Waals surface area contributed by atoms with Crippen molar-refractivity contribution in [1.29, 1.82) is 0 Å². The van der Waals surface area contributed by atoms with Crippen molar-refractivity contribution >= 4 is 34.8 Å². The molecule has 3 aromatic carbocycles. The Labute approximate surface area is 193 Å². The van der Waals surface area contributed by atoms with Gasteiger partial charge in [0.25, 0.3) is 5.91 Å². The number of nitrogens with one attached hydrogen (secondary N) is 1. The van der Waals surface area contributed by atoms with Crippen molar-refractivity contribution in [2.75, 3.05) is 36.4 Å². The van der Waals surface area contributed by atoms with Gasteiger partial charge in [0.15, 0.2) is 0 Å². The summed E-state index contributed by atoms with van der Waals surface area (Å²) in [5, 5.41) is 3.52. The lowest BCUT2D eigenvalue weighted by atomic mass is 10.1. The minimum absolute atomic E-state index is 0.0364. The van der Waals surface area contributed by atoms with Crippen LogP contribution in [0.4, 0.5) is 11.4 Å². The van der Waals surface area contributed by atoms with Crippen LogP contribution in [0.15, 0.2) is 78.9 Å². The topological polar surface area (TPSA) is 52.7 Å². The smallest absolute Gasteiger partial charge is 0.253 e. The summed E-state index contributed by atoms with van der Waals surface area (Å²) in [6.45, 7) is 2.70. The molecule has 1 N–H and O–H groups in total. The Morgan fingerprint density at radius 3 is 2.16 bits per heavy atom. The molecule has 0 aromatic heterocycles. The number of anilines is 2. The molecular formula is C26H26ClN3O2. The third-order valence-corrected chi connectivity index (χ3v) is 5.95. The molecule has 0 spiro atoms. The molecular weight excluding hydrogens is 422 g/mol. The Kier molecular flexibility index (Phi) is 7.07. The minimum Gasteiger partial charge on any atom is -0.367 e. The molecule has 164 valence electrons. The van der Waals surface area contributed by atoms with Crippen molar-refractivity contribution < 1.29 is 9.59 Å². The summed E-state index contributed by atoms with van der Waals surface area (Å²) in [6, 6.07) is 24.9. The van der Waals surface area contributed by atoms with E-state index in [9.17, 15) is 9.59 Å². The van der Waals surface area contributed by atoms with Gasteiger partial charge >= 0.3 is 0 Å². The van der Waals surface area contributed by atoms with Crippen LogP contribution in [0.25, 0.3) is 0 Å². The summed E-state index contributed by atoms with van der Waals surface area (Å²) in [5.41, 5.74) is 3.46. The van der Waals surface area contributed by atoms with Gasteiger partial charge in [-0.25, -0.2) is 0 Å². The van der Waals surface area contributed by atoms with Crippen LogP contribution in [-0.4, -0.2) is 42.9 Å². The van der Waals surface area contributed by atoms with Crippen LogP contribution in [-0.2, 0) is 11.2 Å². The van der Waals surface area contributed by atoms with Gasteiger partial charge in [0.05, 0.1) is 10.7 Å². The van der Waals surface area contributed by atoms with Gasteiger partial charge in [-0.2, -0.15) is 0 Å². The molecule has 6 heteroatoms. The molecule has 0 unspecified atom stereocenters. The van der Waals surface area contributed by atoms with Gasteiger partial charge < -0.3 is 15.1 Å². The lowest BCUT2D eigenvalue weighted by Crippen LogP contribution is -2.48. The third kappa shape index (κ3) is 5.48. The summed E-state index contributed by atoms with van der Waals surface area (Å²) in [4.78, 5) is 29.0. The molecule has 0 bridgehead atoms. The first-order valence-corrected chi connectivity index (χ1v) is 11.2. The number of piperazine rings is 1. The van der Waals surface area contributed by atoms with E-state index < -0.39 is 0 Å². The predicted octanol–water partition coefficient (Wildman–Crippen LogP) is 4.87. The number of benzene rings is 3. The molecule has 1 heterocycles. The van der Waals surface area contributed by atoms with Crippen LogP contribution in [0.5, 0.6) is 0 Å². The predicted molar refractivity (Wildman–Crippen MR) is 129 cm³/mol. The number of carbonyl (C=O) groups is 2. The molecule has 0 radical (unpaired) electrons. The monoisotopic (exact) mass is 447 g/mol. The van der Waals surface area contributed by atoms with Gasteiger partial charge in [-0.05, 0) is 42.3 Å². The van der Waals surface area contributed by atoms with Gasteiger partial charge in [-0.1, -0.05) is 60.1 Å². The number of hydrogen-bond donors (Lipinski definition) is 1. The average Bonchev–Trinajstić information content (AvgIpc) is 2.84. The molecule has 5 nitrogen and oxygen atoms in total. The Bertz CT molecular complexity index is 1060. The number of amides is 2. The van der Waals surface area contributed by atoms with Crippen LogP contribution in [0.1, 0.15) is 22.3 Å². The van der Waals surface area contributed by atoms with Crippen molar-refractivity contribution in [2.24, 2.45) is 0 Å². The van der Waals surface area contributed by atoms with Gasteiger partial charge in [0.1, 0.15) is 0 Å². The van der Waals surface area contributed by atoms with Crippen molar-refractivity contribution in [3.05, 3.63) is 95.0 Å². The standard InChI is InChI=1S/C26H26ClN3O2/c27-23-19-22(28-25(31)14-11-20-7-3-1-4-8-20)12-13-24(23)29-15-17-30(18-16-29)26(32)21-9-5-2-6-10-21/h1-10,12-13,19H,11,14-18H2,(H,28,31). The fourth-order valence-corrected chi connectivity index (χ4v) is 4.18. The van der Waals surface area contributed by atoms with Crippen molar-refractivity contribution in [3.8, 4) is 0 Å². The maximum Gasteiger partial charge on any atom is 0.253 e. The zero-order valence-electron chi connectivity index (χ0n) is 17.8. The van der Waals surface area contributed by atoms with Crippen LogP contribution >= 0.6 is 11.6 Å². The molecule has 1 fully saturated rings. The zero-order chi connectivity index (χ0) is 22.3. The summed E-state index contributed by atoms with van der Waals surface area (Å²) in [5.74, 6) is 0.0237. The Morgan fingerprint density at radius 2 is 1.50 bits per heavy atom. The molecule has 32 heavy (non-hydrogen) atoms. The number of nitrogens with zero attached hydrogens (tertiary/aromatic N) is 2. The van der Waals surface area contributed by atoms with E-state index in [-0.39, 0.29) is 11.8 Å². The van der Waals surface area contributed by atoms with Crippen LogP contribution < -0.4 is 10.2 Å². The van der Waals surface area contributed by atoms with Gasteiger partial charge in [-0.3, -0.25) is 9.59 Å². The summed E-state index contributed by atoms with van der Waals surface area (Å²) in [6.07, 6.45) is 1.12. The molecule has 1 aliphatic rings. The highest BCUT2D eigenvalue weighted by atomic mass is 35.5. The van der Waals surface area contributed by atoms with Crippen molar-refractivity contribution in [1.82, 2.24) is 4.90 Å². The van der Waals surface area contributed by atoms with Crippen LogP contribution in [0, 0.1) is 0 Å². The molecule has 1 saturated heterocycles. The van der Waals surface area contributed by atoms with Gasteiger partial charge in [-0.15, -0.1) is 0 Å². The number of halogens is 1. The second kappa shape index (κ2) is 10.3. The van der Waals surface area contributed by atoms with Crippen LogP contribution in [0.2, 0.25) is 5.02 Å². The highest BCUT2D eigenvalue weighted by Crippen LogP contribution is 2.30. The third-order valence-electron chi connectivity index (χ3n) is 5.64. The minimum atomic E-state index is -0.0364. The molecule has 0 atom stereocenters. The van der Waals surface area contributed by atoms with E-state index in [1.807, 2.05) is 77.7 Å². The number of carbonyl (C=O) groups excluding carboxylic acids is 2. The summed E-state index contributed by atoms with van der Waals surface area (Å²) in [7, 11) is 0. The maximum atomic E-state index is 12.6. The molecule has 1 aliphatic heterocycles. The normalized spacial score (nSPS) is 13.7. The van der Waals surface area contributed by atoms with Gasteiger partial charge in [0, 0.05) is 43.9 Å². The molecule has 0 saturated carbocycles. The summed E-state index contributed by atoms with van der Waals surface area (Å²) < 4.78 is 0. The lowest BCUT2D eigenvalue weighted by Gasteiger charge is -2.36. The largest absolute Gasteiger partial charge is 0.367 e. The number of hydrogen-bond acceptors (Lipinski definition) is 3. The first-order valence-electron chi connectivity index (χ1n) is 10.8. The zero-order valence-corrected chi connectivity index (χ0v) is 18.6. The summed E-state index contributed by atoms with van der Waals surface area (Å²) >= 11 is 6.54. The highest BCUT2D eigenvalue weighted by Gasteiger charge is 2.23. The highest BCUT2D eigenvalue weighted by molar-refractivity contribution is 6.33. The van der Waals surface area contributed by atoms with Gasteiger partial charge in [0.2, 0.25) is 5.91 Å². The SMILES string of the molecule is O=C(CCc1ccccc1)Nc1ccc(N2CCN(C(=O)c3ccccc3)CC2)c(Cl)c1. The van der Waals surface area contributed by atoms with E-state index >= 15 is 0 Å². The Morgan fingerprint density at radius 1 is 0.844 bits per heavy atom. The van der Waals surface area contributed by atoms with E-state index in [0.29, 0.717) is 55.3 Å². The van der Waals surface area contributed by atoms with E-state index in [1.165, 1.54) is 0 Å². The Hall–Kier alpha value is -3.31. The fraction of sp³-hybridized carbons (Fsp3) is 0.231. The van der Waals surface area contributed by atoms with E-state index in [1.54, 1.807) is 6.07 Å². The van der Waals surface area contributed by atoms with E-state index in [0.717, 1.165) is 11.3 Å². The molecule has 2 amide bonds. The second-order valence-corrected chi connectivity index (χ2v) is 8.25. The van der Waals surface area contributed by atoms with Crippen molar-refractivity contribution in [3.63, 3.8) is 0 Å². The quantitative estimate of drug-likeness (QED) is 0.586. The Balaban J connectivity index is 1.31. The molecule has 4 rings (SSSR count). The average molecular weight is 448 g/mol. The number of aryl methyl sites for hydroxylation is 1. The number of rotatable bonds is 6. The van der Waals surface area contributed by atoms with E-state index in [4.69, 9.17) is 11.6 Å². The second-order valence-electron chi connectivity index (χ2n) is 7.85. The fourth-order valence-electron chi connectivity index (χ4n) is 3.88. The lowest BCUT2D eigenvalue weighted by molar-refractivity contribution is -0.116. The van der Waals surface area contributed by atoms with Crippen molar-refractivity contribution in [2.45, 2.75) is 12.8 Å². The molecule has 0 aliphatic carbocycles. The van der Waals surface area contributed by atoms with E-state index in [2.05, 4.69) is 10.2 Å². The molecule has 3 aromatic rings. The first kappa shape index (κ1) is 21.9. The maximum absolute atomic E-state index is 12.6. The van der Waals surface area contributed by atoms with Crippen LogP contribution in [0.3, 0.4) is 0 Å². The first-order chi connectivity index (χ1) is 15.6.